The minimum atomic E-state index is -2.50. The molecule has 0 aliphatic rings. The molecule has 29 heavy (non-hydrogen) atoms. The van der Waals surface area contributed by atoms with E-state index < -0.39 is 54.4 Å². The molecule has 0 fully saturated rings. The molecule has 14 heteroatoms. The van der Waals surface area contributed by atoms with Crippen molar-refractivity contribution in [3.05, 3.63) is 0 Å². The van der Waals surface area contributed by atoms with E-state index in [4.69, 9.17) is 25.2 Å². The minimum absolute atomic E-state index is 0. The zero-order valence-corrected chi connectivity index (χ0v) is 18.7. The number of esters is 1. The van der Waals surface area contributed by atoms with Crippen molar-refractivity contribution < 1.29 is 64.1 Å². The quantitative estimate of drug-likeness (QED) is 0.138. The van der Waals surface area contributed by atoms with Gasteiger partial charge in [0.1, 0.15) is 31.0 Å². The van der Waals surface area contributed by atoms with Crippen LogP contribution in [0, 0.1) is 0 Å². The zero-order chi connectivity index (χ0) is 22.8. The van der Waals surface area contributed by atoms with Gasteiger partial charge in [0.2, 0.25) is 0 Å². The molecule has 4 unspecified atom stereocenters. The first-order valence-electron chi connectivity index (χ1n) is 7.81. The number of aliphatic carboxylic acids is 3. The summed E-state index contributed by atoms with van der Waals surface area (Å²) >= 11 is 0. The summed E-state index contributed by atoms with van der Waals surface area (Å²) in [7, 11) is 5.68. The van der Waals surface area contributed by atoms with Gasteiger partial charge in [-0.2, -0.15) is 0 Å². The van der Waals surface area contributed by atoms with Crippen molar-refractivity contribution in [1.29, 1.82) is 0 Å². The minimum Gasteiger partial charge on any atom is -0.550 e. The summed E-state index contributed by atoms with van der Waals surface area (Å²) < 4.78 is 5.39. The first kappa shape index (κ1) is 32.6. The zero-order valence-electron chi connectivity index (χ0n) is 16.5. The third kappa shape index (κ3) is 16.4. The largest absolute Gasteiger partial charge is 2.00 e. The number of likely N-dealkylation sites (N-methyl/N-ethyl adjacent to an activating group) is 1. The number of rotatable bonds is 10. The van der Waals surface area contributed by atoms with Gasteiger partial charge < -0.3 is 59.3 Å². The summed E-state index contributed by atoms with van der Waals surface area (Å²) in [4.78, 5) is 41.0. The summed E-state index contributed by atoms with van der Waals surface area (Å²) in [6.07, 6.45) is -10.6. The van der Waals surface area contributed by atoms with E-state index in [2.05, 4.69) is 0 Å². The van der Waals surface area contributed by atoms with Gasteiger partial charge in [-0.3, -0.25) is 4.79 Å². The molecule has 0 bridgehead atoms. The van der Waals surface area contributed by atoms with Gasteiger partial charge in [-0.1, -0.05) is 0 Å². The molecule has 0 spiro atoms. The molecule has 0 rings (SSSR count). The third-order valence-electron chi connectivity index (χ3n) is 2.96. The molecule has 0 aromatic carbocycles. The van der Waals surface area contributed by atoms with Gasteiger partial charge in [0.25, 0.3) is 0 Å². The molecule has 0 radical (unpaired) electrons. The van der Waals surface area contributed by atoms with Gasteiger partial charge in [-0.15, -0.1) is 0 Å². The molecule has 0 saturated carbocycles. The van der Waals surface area contributed by atoms with Crippen molar-refractivity contribution in [2.75, 3.05) is 27.7 Å². The number of ether oxygens (including phenoxy) is 1. The molecule has 4 N–H and O–H groups in total. The summed E-state index contributed by atoms with van der Waals surface area (Å²) in [6.45, 7) is 1.71. The molecule has 0 aliphatic carbocycles. The maximum Gasteiger partial charge on any atom is 2.00 e. The Hall–Kier alpha value is -1.06. The van der Waals surface area contributed by atoms with E-state index in [0.29, 0.717) is 11.0 Å². The summed E-state index contributed by atoms with van der Waals surface area (Å²) in [5.74, 6) is -5.89. The van der Waals surface area contributed by atoms with Crippen molar-refractivity contribution in [3.8, 4) is 0 Å². The molecular formula is C15H25CaNO12. The second-order valence-corrected chi connectivity index (χ2v) is 6.79. The van der Waals surface area contributed by atoms with Crippen LogP contribution >= 0.6 is 0 Å². The van der Waals surface area contributed by atoms with Crippen LogP contribution in [0.2, 0.25) is 0 Å². The number of aliphatic hydroxyl groups is 4. The van der Waals surface area contributed by atoms with E-state index >= 15 is 0 Å². The Balaban J connectivity index is -0.000000451. The average Bonchev–Trinajstić information content (AvgIpc) is 2.49. The van der Waals surface area contributed by atoms with Crippen LogP contribution in [-0.2, 0) is 23.9 Å². The van der Waals surface area contributed by atoms with Crippen LogP contribution in [0.1, 0.15) is 13.3 Å². The van der Waals surface area contributed by atoms with Gasteiger partial charge >= 0.3 is 43.7 Å². The number of carboxylic acids is 3. The number of aliphatic hydroxyl groups excluding tert-OH is 4. The maximum atomic E-state index is 10.7. The Morgan fingerprint density at radius 1 is 0.862 bits per heavy atom. The molecule has 5 atom stereocenters. The first-order valence-corrected chi connectivity index (χ1v) is 7.81. The van der Waals surface area contributed by atoms with Crippen LogP contribution < -0.4 is 15.3 Å². The number of hydrogen-bond acceptors (Lipinski definition) is 12. The van der Waals surface area contributed by atoms with E-state index in [0.717, 1.165) is 0 Å². The van der Waals surface area contributed by atoms with Crippen molar-refractivity contribution >= 4 is 61.6 Å². The van der Waals surface area contributed by atoms with Gasteiger partial charge in [0, 0.05) is 19.3 Å². The second-order valence-electron chi connectivity index (χ2n) is 6.79. The molecule has 0 aliphatic heterocycles. The van der Waals surface area contributed by atoms with Gasteiger partial charge in [-0.25, -0.2) is 0 Å². The normalized spacial score (nSPS) is 15.9. The van der Waals surface area contributed by atoms with Crippen LogP contribution in [0.5, 0.6) is 0 Å². The maximum absolute atomic E-state index is 10.7. The molecule has 164 valence electrons. The van der Waals surface area contributed by atoms with E-state index in [1.807, 2.05) is 21.1 Å². The fraction of sp³-hybridized carbons (Fsp3) is 0.733. The Bertz CT molecular complexity index is 510. The van der Waals surface area contributed by atoms with Gasteiger partial charge in [-0.05, 0) is 0 Å². The number of carbonyl (C=O) groups excluding carboxylic acids is 4. The molecule has 0 aromatic rings. The number of hydrogen-bond donors (Lipinski definition) is 4. The summed E-state index contributed by atoms with van der Waals surface area (Å²) in [5.41, 5.74) is 0. The molecule has 13 nitrogen and oxygen atoms in total. The van der Waals surface area contributed by atoms with Crippen LogP contribution in [0.25, 0.3) is 0 Å². The Morgan fingerprint density at radius 3 is 1.41 bits per heavy atom. The van der Waals surface area contributed by atoms with Crippen molar-refractivity contribution in [3.63, 3.8) is 0 Å². The third-order valence-corrected chi connectivity index (χ3v) is 2.96. The molecule has 0 heterocycles. The van der Waals surface area contributed by atoms with Crippen LogP contribution in [0.3, 0.4) is 0 Å². The van der Waals surface area contributed by atoms with Gasteiger partial charge in [0.05, 0.1) is 33.1 Å². The second kappa shape index (κ2) is 14.8. The monoisotopic (exact) mass is 451 g/mol. The number of nitrogens with zero attached hydrogens (tertiary/aromatic N) is 1. The van der Waals surface area contributed by atoms with E-state index in [1.165, 1.54) is 6.92 Å². The number of carboxylic acid groups (broad SMARTS) is 3. The van der Waals surface area contributed by atoms with E-state index in [1.54, 1.807) is 0 Å². The van der Waals surface area contributed by atoms with Gasteiger partial charge in [0.15, 0.2) is 6.10 Å². The molecule has 0 aromatic heterocycles. The Morgan fingerprint density at radius 2 is 1.21 bits per heavy atom. The Labute approximate surface area is 196 Å². The average molecular weight is 451 g/mol. The van der Waals surface area contributed by atoms with E-state index in [-0.39, 0.29) is 44.2 Å². The summed E-state index contributed by atoms with van der Waals surface area (Å²) in [5, 5.41) is 65.1. The molecule has 0 saturated heterocycles. The van der Waals surface area contributed by atoms with Crippen molar-refractivity contribution in [2.24, 2.45) is 0 Å². The van der Waals surface area contributed by atoms with Crippen LogP contribution in [-0.4, -0.2) is 145 Å². The fourth-order valence-electron chi connectivity index (χ4n) is 1.83. The molecular weight excluding hydrogens is 426 g/mol. The van der Waals surface area contributed by atoms with Crippen LogP contribution in [0.4, 0.5) is 0 Å². The fourth-order valence-corrected chi connectivity index (χ4v) is 1.83. The predicted octanol–water partition coefficient (Wildman–Crippen LogP) is -7.69. The SMILES string of the molecule is CC(=O)O[C@H](CC(=O)[O-])C[N+](C)(C)C.O=C([O-])C(O)C(O)C(O)C(O)C(=O)[O-].[Ca+2]. The smallest absolute Gasteiger partial charge is 0.550 e. The van der Waals surface area contributed by atoms with Crippen molar-refractivity contribution in [1.82, 2.24) is 0 Å². The van der Waals surface area contributed by atoms with Crippen molar-refractivity contribution in [2.45, 2.75) is 43.9 Å². The number of carbonyl (C=O) groups is 4. The first-order chi connectivity index (χ1) is 12.5. The predicted molar refractivity (Wildman–Crippen MR) is 87.9 cm³/mol. The topological polar surface area (TPSA) is 228 Å². The summed E-state index contributed by atoms with van der Waals surface area (Å²) in [6, 6.07) is 0. The molecule has 0 amide bonds. The Kier molecular flexibility index (Phi) is 16.7. The van der Waals surface area contributed by atoms with Crippen LogP contribution in [0.15, 0.2) is 0 Å². The number of quaternary nitrogens is 1. The van der Waals surface area contributed by atoms with E-state index in [9.17, 15) is 34.5 Å². The standard InChI is InChI=1S/C9H17NO4.C6H10O8.Ca/c1-7(11)14-8(5-9(12)13)6-10(2,3)4;7-1(3(9)5(11)12)2(8)4(10)6(13)14;/h8H,5-6H2,1-4H3;1-4,7-10H,(H,11,12)(H,13,14);/q;;+2/p-2/t8-;;/m1../s1.